The Kier molecular flexibility index (Phi) is 3.58. The molecule has 70 valence electrons. The molecule has 0 bridgehead atoms. The number of halogens is 1. The first kappa shape index (κ1) is 9.86. The van der Waals surface area contributed by atoms with E-state index in [2.05, 4.69) is 4.98 Å². The third kappa shape index (κ3) is 2.95. The van der Waals surface area contributed by atoms with Gasteiger partial charge in [0.15, 0.2) is 0 Å². The minimum absolute atomic E-state index is 0.129. The second-order valence-electron chi connectivity index (χ2n) is 2.72. The van der Waals surface area contributed by atoms with Gasteiger partial charge < -0.3 is 5.11 Å². The fourth-order valence-corrected chi connectivity index (χ4v) is 1.00. The molecule has 0 atom stereocenters. The summed E-state index contributed by atoms with van der Waals surface area (Å²) in [6.07, 6.45) is 4.27. The molecule has 2 nitrogen and oxygen atoms in total. The Morgan fingerprint density at radius 1 is 1.54 bits per heavy atom. The van der Waals surface area contributed by atoms with E-state index in [1.54, 1.807) is 13.0 Å². The standard InChI is InChI=1S/C10H12FNO/c1-8-9(4-2-3-7-13)5-6-10(11)12-8/h2,4-6,13H,3,7H2,1H3. The zero-order chi connectivity index (χ0) is 9.68. The van der Waals surface area contributed by atoms with Crippen LogP contribution in [0.5, 0.6) is 0 Å². The quantitative estimate of drug-likeness (QED) is 0.723. The highest BCUT2D eigenvalue weighted by Gasteiger charge is 1.96. The van der Waals surface area contributed by atoms with Crippen molar-refractivity contribution in [2.24, 2.45) is 0 Å². The molecule has 0 radical (unpaired) electrons. The molecule has 3 heteroatoms. The minimum atomic E-state index is -0.461. The highest BCUT2D eigenvalue weighted by molar-refractivity contribution is 5.51. The molecule has 13 heavy (non-hydrogen) atoms. The van der Waals surface area contributed by atoms with Gasteiger partial charge in [-0.15, -0.1) is 0 Å². The second kappa shape index (κ2) is 4.72. The molecule has 0 aliphatic carbocycles. The Morgan fingerprint density at radius 3 is 2.92 bits per heavy atom. The minimum Gasteiger partial charge on any atom is -0.396 e. The topological polar surface area (TPSA) is 33.1 Å². The number of aromatic nitrogens is 1. The van der Waals surface area contributed by atoms with Gasteiger partial charge >= 0.3 is 0 Å². The van der Waals surface area contributed by atoms with Crippen molar-refractivity contribution in [3.63, 3.8) is 0 Å². The van der Waals surface area contributed by atoms with Gasteiger partial charge in [0.25, 0.3) is 0 Å². The van der Waals surface area contributed by atoms with Crippen molar-refractivity contribution in [2.75, 3.05) is 6.61 Å². The van der Waals surface area contributed by atoms with E-state index in [0.29, 0.717) is 12.1 Å². The number of aryl methyl sites for hydroxylation is 1. The number of nitrogens with zero attached hydrogens (tertiary/aromatic N) is 1. The molecule has 1 aromatic rings. The Morgan fingerprint density at radius 2 is 2.31 bits per heavy atom. The molecule has 0 amide bonds. The summed E-state index contributed by atoms with van der Waals surface area (Å²) in [4.78, 5) is 3.67. The van der Waals surface area contributed by atoms with Crippen molar-refractivity contribution in [1.82, 2.24) is 4.98 Å². The summed E-state index contributed by atoms with van der Waals surface area (Å²) >= 11 is 0. The van der Waals surface area contributed by atoms with E-state index >= 15 is 0 Å². The third-order valence-corrected chi connectivity index (χ3v) is 1.69. The number of hydrogen-bond acceptors (Lipinski definition) is 2. The Labute approximate surface area is 76.7 Å². The summed E-state index contributed by atoms with van der Waals surface area (Å²) in [5.74, 6) is -0.461. The van der Waals surface area contributed by atoms with Crippen LogP contribution in [0, 0.1) is 12.9 Å². The molecule has 0 saturated carbocycles. The summed E-state index contributed by atoms with van der Waals surface area (Å²) in [6.45, 7) is 1.88. The van der Waals surface area contributed by atoms with Crippen LogP contribution in [0.25, 0.3) is 6.08 Å². The molecule has 1 N–H and O–H groups in total. The van der Waals surface area contributed by atoms with E-state index in [1.807, 2.05) is 12.2 Å². The molecule has 0 spiro atoms. The number of aliphatic hydroxyl groups is 1. The van der Waals surface area contributed by atoms with Crippen LogP contribution in [0.3, 0.4) is 0 Å². The number of rotatable bonds is 3. The van der Waals surface area contributed by atoms with Crippen LogP contribution in [0.15, 0.2) is 18.2 Å². The summed E-state index contributed by atoms with van der Waals surface area (Å²) in [5, 5.41) is 8.53. The van der Waals surface area contributed by atoms with Crippen LogP contribution in [-0.2, 0) is 0 Å². The van der Waals surface area contributed by atoms with Gasteiger partial charge in [0.1, 0.15) is 0 Å². The van der Waals surface area contributed by atoms with Crippen LogP contribution < -0.4 is 0 Å². The van der Waals surface area contributed by atoms with Gasteiger partial charge in [0.2, 0.25) is 5.95 Å². The highest BCUT2D eigenvalue weighted by Crippen LogP contribution is 2.08. The van der Waals surface area contributed by atoms with Crippen LogP contribution in [0.4, 0.5) is 4.39 Å². The lowest BCUT2D eigenvalue weighted by Crippen LogP contribution is -1.89. The van der Waals surface area contributed by atoms with E-state index in [-0.39, 0.29) is 6.61 Å². The summed E-state index contributed by atoms with van der Waals surface area (Å²) in [5.41, 5.74) is 1.55. The molecule has 1 heterocycles. The van der Waals surface area contributed by atoms with Crippen molar-refractivity contribution in [1.29, 1.82) is 0 Å². The first-order valence-electron chi connectivity index (χ1n) is 4.14. The molecule has 0 saturated heterocycles. The van der Waals surface area contributed by atoms with E-state index in [1.165, 1.54) is 6.07 Å². The summed E-state index contributed by atoms with van der Waals surface area (Å²) in [6, 6.07) is 3.00. The molecular formula is C10H12FNO. The van der Waals surface area contributed by atoms with E-state index < -0.39 is 5.95 Å². The maximum absolute atomic E-state index is 12.6. The van der Waals surface area contributed by atoms with E-state index in [9.17, 15) is 4.39 Å². The van der Waals surface area contributed by atoms with Crippen LogP contribution in [0.1, 0.15) is 17.7 Å². The molecule has 1 aromatic heterocycles. The molecule has 0 aliphatic heterocycles. The zero-order valence-corrected chi connectivity index (χ0v) is 7.50. The molecule has 0 unspecified atom stereocenters. The van der Waals surface area contributed by atoms with Gasteiger partial charge in [0, 0.05) is 12.3 Å². The Hall–Kier alpha value is -1.22. The first-order chi connectivity index (χ1) is 6.24. The van der Waals surface area contributed by atoms with Gasteiger partial charge in [-0.1, -0.05) is 12.2 Å². The van der Waals surface area contributed by atoms with Crippen LogP contribution >= 0.6 is 0 Å². The maximum atomic E-state index is 12.6. The predicted octanol–water partition coefficient (Wildman–Crippen LogP) is 1.92. The lowest BCUT2D eigenvalue weighted by Gasteiger charge is -1.98. The average molecular weight is 181 g/mol. The van der Waals surface area contributed by atoms with E-state index in [4.69, 9.17) is 5.11 Å². The Balaban J connectivity index is 2.77. The van der Waals surface area contributed by atoms with Crippen molar-refractivity contribution in [3.05, 3.63) is 35.4 Å². The van der Waals surface area contributed by atoms with Crippen molar-refractivity contribution in [3.8, 4) is 0 Å². The largest absolute Gasteiger partial charge is 0.396 e. The SMILES string of the molecule is Cc1nc(F)ccc1C=CCCO. The van der Waals surface area contributed by atoms with Crippen molar-refractivity contribution >= 4 is 6.08 Å². The smallest absolute Gasteiger partial charge is 0.213 e. The van der Waals surface area contributed by atoms with Crippen molar-refractivity contribution < 1.29 is 9.50 Å². The zero-order valence-electron chi connectivity index (χ0n) is 7.50. The molecule has 0 aliphatic rings. The van der Waals surface area contributed by atoms with Gasteiger partial charge in [-0.25, -0.2) is 4.98 Å². The van der Waals surface area contributed by atoms with Crippen LogP contribution in [0.2, 0.25) is 0 Å². The van der Waals surface area contributed by atoms with Gasteiger partial charge in [-0.2, -0.15) is 4.39 Å². The lowest BCUT2D eigenvalue weighted by atomic mass is 10.2. The second-order valence-corrected chi connectivity index (χ2v) is 2.72. The molecule has 0 aromatic carbocycles. The number of hydrogen-bond donors (Lipinski definition) is 1. The predicted molar refractivity (Wildman–Crippen MR) is 49.7 cm³/mol. The van der Waals surface area contributed by atoms with Gasteiger partial charge in [-0.3, -0.25) is 0 Å². The third-order valence-electron chi connectivity index (χ3n) is 1.69. The van der Waals surface area contributed by atoms with Crippen LogP contribution in [-0.4, -0.2) is 16.7 Å². The first-order valence-corrected chi connectivity index (χ1v) is 4.14. The lowest BCUT2D eigenvalue weighted by molar-refractivity contribution is 0.303. The Bertz CT molecular complexity index is 310. The van der Waals surface area contributed by atoms with Gasteiger partial charge in [-0.05, 0) is 31.0 Å². The highest BCUT2D eigenvalue weighted by atomic mass is 19.1. The summed E-state index contributed by atoms with van der Waals surface area (Å²) < 4.78 is 12.6. The summed E-state index contributed by atoms with van der Waals surface area (Å²) in [7, 11) is 0. The van der Waals surface area contributed by atoms with Crippen molar-refractivity contribution in [2.45, 2.75) is 13.3 Å². The fraction of sp³-hybridized carbons (Fsp3) is 0.300. The molecular weight excluding hydrogens is 169 g/mol. The number of pyridine rings is 1. The molecule has 1 rings (SSSR count). The number of aliphatic hydroxyl groups excluding tert-OH is 1. The maximum Gasteiger partial charge on any atom is 0.213 e. The normalized spacial score (nSPS) is 11.0. The fourth-order valence-electron chi connectivity index (χ4n) is 1.00. The van der Waals surface area contributed by atoms with E-state index in [0.717, 1.165) is 5.56 Å². The van der Waals surface area contributed by atoms with Gasteiger partial charge in [0.05, 0.1) is 0 Å². The monoisotopic (exact) mass is 181 g/mol. The molecule has 0 fully saturated rings. The average Bonchev–Trinajstić information content (AvgIpc) is 2.09.